The lowest BCUT2D eigenvalue weighted by molar-refractivity contribution is 0.100. The van der Waals surface area contributed by atoms with E-state index in [-0.39, 0.29) is 17.2 Å². The number of aromatic nitrogens is 2. The van der Waals surface area contributed by atoms with Crippen LogP contribution in [0.5, 0.6) is 5.75 Å². The molecule has 1 heterocycles. The fraction of sp³-hybridized carbons (Fsp3) is 0.500. The molecule has 0 aromatic carbocycles. The van der Waals surface area contributed by atoms with Crippen LogP contribution < -0.4 is 0 Å². The van der Waals surface area contributed by atoms with Gasteiger partial charge in [-0.3, -0.25) is 9.48 Å². The van der Waals surface area contributed by atoms with Gasteiger partial charge in [0, 0.05) is 14.0 Å². The van der Waals surface area contributed by atoms with E-state index in [9.17, 15) is 9.90 Å². The molecule has 13 heavy (non-hydrogen) atoms. The number of ketones is 1. The molecule has 0 amide bonds. The molecule has 0 unspecified atom stereocenters. The number of carbonyl (C=O) groups excluding carboxylic acids is 1. The SMILES string of the molecule is COCCn1cc(O)c(C(C)=O)n1. The predicted molar refractivity (Wildman–Crippen MR) is 45.8 cm³/mol. The Kier molecular flexibility index (Phi) is 3.02. The van der Waals surface area contributed by atoms with Gasteiger partial charge in [-0.05, 0) is 0 Å². The Labute approximate surface area is 75.9 Å². The molecule has 1 aromatic rings. The maximum atomic E-state index is 10.9. The van der Waals surface area contributed by atoms with Crippen LogP contribution in [0.4, 0.5) is 0 Å². The van der Waals surface area contributed by atoms with E-state index >= 15 is 0 Å². The molecule has 1 rings (SSSR count). The van der Waals surface area contributed by atoms with Crippen molar-refractivity contribution in [1.82, 2.24) is 9.78 Å². The fourth-order valence-corrected chi connectivity index (χ4v) is 0.961. The molecule has 5 nitrogen and oxygen atoms in total. The molecule has 0 bridgehead atoms. The first-order chi connectivity index (χ1) is 6.15. The molecule has 0 radical (unpaired) electrons. The zero-order valence-electron chi connectivity index (χ0n) is 7.65. The van der Waals surface area contributed by atoms with E-state index in [4.69, 9.17) is 4.74 Å². The number of nitrogens with zero attached hydrogens (tertiary/aromatic N) is 2. The van der Waals surface area contributed by atoms with E-state index < -0.39 is 0 Å². The second kappa shape index (κ2) is 4.04. The van der Waals surface area contributed by atoms with E-state index in [1.165, 1.54) is 17.8 Å². The highest BCUT2D eigenvalue weighted by Crippen LogP contribution is 2.14. The lowest BCUT2D eigenvalue weighted by Gasteiger charge is -1.97. The standard InChI is InChI=1S/C8H12N2O3/c1-6(11)8-7(12)5-10(9-8)3-4-13-2/h5,12H,3-4H2,1-2H3. The summed E-state index contributed by atoms with van der Waals surface area (Å²) >= 11 is 0. The van der Waals surface area contributed by atoms with Crippen LogP contribution in [0.25, 0.3) is 0 Å². The van der Waals surface area contributed by atoms with E-state index in [1.54, 1.807) is 7.11 Å². The number of ether oxygens (including phenoxy) is 1. The molecule has 0 atom stereocenters. The Bertz CT molecular complexity index is 306. The Hall–Kier alpha value is -1.36. The quantitative estimate of drug-likeness (QED) is 0.689. The van der Waals surface area contributed by atoms with Crippen molar-refractivity contribution in [2.75, 3.05) is 13.7 Å². The van der Waals surface area contributed by atoms with E-state index in [0.717, 1.165) is 0 Å². The number of methoxy groups -OCH3 is 1. The van der Waals surface area contributed by atoms with Gasteiger partial charge >= 0.3 is 0 Å². The van der Waals surface area contributed by atoms with Crippen LogP contribution in [-0.4, -0.2) is 34.4 Å². The Morgan fingerprint density at radius 2 is 2.46 bits per heavy atom. The first-order valence-electron chi connectivity index (χ1n) is 3.91. The monoisotopic (exact) mass is 184 g/mol. The third-order valence-electron chi connectivity index (χ3n) is 1.60. The van der Waals surface area contributed by atoms with Crippen LogP contribution in [0.15, 0.2) is 6.20 Å². The lowest BCUT2D eigenvalue weighted by Crippen LogP contribution is -2.05. The first-order valence-corrected chi connectivity index (χ1v) is 3.91. The van der Waals surface area contributed by atoms with Crippen molar-refractivity contribution in [3.05, 3.63) is 11.9 Å². The van der Waals surface area contributed by atoms with Gasteiger partial charge in [0.05, 0.1) is 19.3 Å². The number of carbonyl (C=O) groups is 1. The van der Waals surface area contributed by atoms with Gasteiger partial charge in [0.1, 0.15) is 0 Å². The van der Waals surface area contributed by atoms with Crippen molar-refractivity contribution in [2.45, 2.75) is 13.5 Å². The fourth-order valence-electron chi connectivity index (χ4n) is 0.961. The number of hydrogen-bond donors (Lipinski definition) is 1. The summed E-state index contributed by atoms with van der Waals surface area (Å²) in [5, 5.41) is 13.1. The van der Waals surface area contributed by atoms with Gasteiger partial charge in [0.15, 0.2) is 17.2 Å². The highest BCUT2D eigenvalue weighted by Gasteiger charge is 2.11. The van der Waals surface area contributed by atoms with Gasteiger partial charge in [0.25, 0.3) is 0 Å². The van der Waals surface area contributed by atoms with Crippen molar-refractivity contribution in [3.63, 3.8) is 0 Å². The second-order valence-electron chi connectivity index (χ2n) is 2.68. The summed E-state index contributed by atoms with van der Waals surface area (Å²) in [6.07, 6.45) is 1.41. The van der Waals surface area contributed by atoms with Crippen LogP contribution in [-0.2, 0) is 11.3 Å². The summed E-state index contributed by atoms with van der Waals surface area (Å²) in [5.41, 5.74) is 0.108. The topological polar surface area (TPSA) is 64.3 Å². The van der Waals surface area contributed by atoms with Crippen LogP contribution >= 0.6 is 0 Å². The average molecular weight is 184 g/mol. The molecular formula is C8H12N2O3. The molecule has 72 valence electrons. The summed E-state index contributed by atoms with van der Waals surface area (Å²) in [7, 11) is 1.58. The number of rotatable bonds is 4. The Balaban J connectivity index is 2.76. The summed E-state index contributed by atoms with van der Waals surface area (Å²) in [5.74, 6) is -0.322. The zero-order chi connectivity index (χ0) is 9.84. The van der Waals surface area contributed by atoms with E-state index in [0.29, 0.717) is 13.2 Å². The number of Topliss-reactive ketones (excluding diaryl/α,β-unsaturated/α-hetero) is 1. The van der Waals surface area contributed by atoms with Gasteiger partial charge in [0.2, 0.25) is 0 Å². The number of hydrogen-bond acceptors (Lipinski definition) is 4. The van der Waals surface area contributed by atoms with Crippen molar-refractivity contribution < 1.29 is 14.6 Å². The molecular weight excluding hydrogens is 172 g/mol. The minimum Gasteiger partial charge on any atom is -0.504 e. The van der Waals surface area contributed by atoms with Crippen LogP contribution in [0.2, 0.25) is 0 Å². The average Bonchev–Trinajstić information content (AvgIpc) is 2.43. The molecule has 1 N–H and O–H groups in total. The Morgan fingerprint density at radius 3 is 2.92 bits per heavy atom. The molecule has 0 fully saturated rings. The summed E-state index contributed by atoms with van der Waals surface area (Å²) in [6, 6.07) is 0. The van der Waals surface area contributed by atoms with Gasteiger partial charge in [-0.2, -0.15) is 5.10 Å². The Morgan fingerprint density at radius 1 is 1.77 bits per heavy atom. The van der Waals surface area contributed by atoms with Crippen LogP contribution in [0.3, 0.4) is 0 Å². The molecule has 5 heteroatoms. The minimum absolute atomic E-state index is 0.0800. The van der Waals surface area contributed by atoms with Gasteiger partial charge in [-0.15, -0.1) is 0 Å². The molecule has 0 saturated carbocycles. The molecule has 0 aliphatic carbocycles. The lowest BCUT2D eigenvalue weighted by atomic mass is 10.3. The molecule has 0 spiro atoms. The third-order valence-corrected chi connectivity index (χ3v) is 1.60. The highest BCUT2D eigenvalue weighted by atomic mass is 16.5. The van der Waals surface area contributed by atoms with E-state index in [2.05, 4.69) is 5.10 Å². The minimum atomic E-state index is -0.242. The molecule has 0 saturated heterocycles. The normalized spacial score (nSPS) is 10.3. The third kappa shape index (κ3) is 2.29. The summed E-state index contributed by atoms with van der Waals surface area (Å²) < 4.78 is 6.31. The second-order valence-corrected chi connectivity index (χ2v) is 2.68. The number of aromatic hydroxyl groups is 1. The smallest absolute Gasteiger partial charge is 0.183 e. The first kappa shape index (κ1) is 9.73. The maximum absolute atomic E-state index is 10.9. The van der Waals surface area contributed by atoms with E-state index in [1.807, 2.05) is 0 Å². The molecule has 0 aliphatic heterocycles. The van der Waals surface area contributed by atoms with Crippen molar-refractivity contribution in [2.24, 2.45) is 0 Å². The molecule has 0 aliphatic rings. The van der Waals surface area contributed by atoms with Gasteiger partial charge < -0.3 is 9.84 Å². The van der Waals surface area contributed by atoms with Crippen LogP contribution in [0, 0.1) is 0 Å². The van der Waals surface area contributed by atoms with Gasteiger partial charge in [-0.1, -0.05) is 0 Å². The van der Waals surface area contributed by atoms with Crippen molar-refractivity contribution in [3.8, 4) is 5.75 Å². The predicted octanol–water partition coefficient (Wildman–Crippen LogP) is 0.438. The van der Waals surface area contributed by atoms with Gasteiger partial charge in [-0.25, -0.2) is 0 Å². The van der Waals surface area contributed by atoms with Crippen molar-refractivity contribution in [1.29, 1.82) is 0 Å². The largest absolute Gasteiger partial charge is 0.504 e. The van der Waals surface area contributed by atoms with Crippen molar-refractivity contribution >= 4 is 5.78 Å². The summed E-state index contributed by atoms with van der Waals surface area (Å²) in [6.45, 7) is 2.39. The highest BCUT2D eigenvalue weighted by molar-refractivity contribution is 5.94. The zero-order valence-corrected chi connectivity index (χ0v) is 7.65. The summed E-state index contributed by atoms with van der Waals surface area (Å²) in [4.78, 5) is 10.9. The molecule has 1 aromatic heterocycles. The van der Waals surface area contributed by atoms with Crippen LogP contribution in [0.1, 0.15) is 17.4 Å². The maximum Gasteiger partial charge on any atom is 0.183 e.